The maximum atomic E-state index is 12.9. The van der Waals surface area contributed by atoms with Crippen LogP contribution in [-0.2, 0) is 4.79 Å². The van der Waals surface area contributed by atoms with E-state index in [2.05, 4.69) is 0 Å². The minimum absolute atomic E-state index is 0.352. The van der Waals surface area contributed by atoms with Crippen molar-refractivity contribution in [1.82, 2.24) is 0 Å². The lowest BCUT2D eigenvalue weighted by Gasteiger charge is -2.35. The average Bonchev–Trinajstić information content (AvgIpc) is 2.78. The predicted octanol–water partition coefficient (Wildman–Crippen LogP) is 2.89. The normalized spacial score (nSPS) is 15.1. The highest BCUT2D eigenvalue weighted by Crippen LogP contribution is 2.37. The Hall–Kier alpha value is -2.95. The highest BCUT2D eigenvalue weighted by atomic mass is 16.5. The molecule has 2 aromatic carbocycles. The summed E-state index contributed by atoms with van der Waals surface area (Å²) in [5, 5.41) is 0. The molecule has 1 amide bonds. The summed E-state index contributed by atoms with van der Waals surface area (Å²) >= 11 is 0. The topological polar surface area (TPSA) is 63.7 Å². The Morgan fingerprint density at radius 3 is 1.88 bits per heavy atom. The van der Waals surface area contributed by atoms with E-state index in [1.54, 1.807) is 55.6 Å². The van der Waals surface area contributed by atoms with Crippen LogP contribution < -0.4 is 9.64 Å². The van der Waals surface area contributed by atoms with Gasteiger partial charge in [0.25, 0.3) is 0 Å². The van der Waals surface area contributed by atoms with Gasteiger partial charge in [-0.3, -0.25) is 19.3 Å². The third-order valence-electron chi connectivity index (χ3n) is 4.39. The summed E-state index contributed by atoms with van der Waals surface area (Å²) in [6.45, 7) is 2.85. The molecule has 0 bridgehead atoms. The molecule has 24 heavy (non-hydrogen) atoms. The lowest BCUT2D eigenvalue weighted by molar-refractivity contribution is -0.117. The van der Waals surface area contributed by atoms with E-state index in [0.29, 0.717) is 22.6 Å². The summed E-state index contributed by atoms with van der Waals surface area (Å²) < 4.78 is 5.12. The van der Waals surface area contributed by atoms with Crippen molar-refractivity contribution in [3.63, 3.8) is 0 Å². The standard InChI is InChI=1S/C19H17NO4/c1-12(21)20(13-8-10-14(24-3)11-9-13)19(2)17(22)15-6-4-5-7-16(15)18(19)23/h4-11H,1-3H3. The van der Waals surface area contributed by atoms with Crippen molar-refractivity contribution in [3.8, 4) is 5.75 Å². The zero-order valence-electron chi connectivity index (χ0n) is 13.7. The average molecular weight is 323 g/mol. The molecule has 5 nitrogen and oxygen atoms in total. The van der Waals surface area contributed by atoms with E-state index < -0.39 is 5.54 Å². The molecule has 1 aliphatic carbocycles. The molecule has 0 saturated heterocycles. The van der Waals surface area contributed by atoms with Crippen molar-refractivity contribution in [2.75, 3.05) is 12.0 Å². The number of ketones is 2. The Bertz CT molecular complexity index is 804. The molecule has 0 N–H and O–H groups in total. The van der Waals surface area contributed by atoms with Crippen LogP contribution in [0.15, 0.2) is 48.5 Å². The SMILES string of the molecule is COc1ccc(N(C(C)=O)C2(C)C(=O)c3ccccc3C2=O)cc1. The lowest BCUT2D eigenvalue weighted by atomic mass is 9.92. The number of benzene rings is 2. The number of amides is 1. The van der Waals surface area contributed by atoms with E-state index in [1.165, 1.54) is 18.7 Å². The first-order chi connectivity index (χ1) is 11.4. The van der Waals surface area contributed by atoms with E-state index in [9.17, 15) is 14.4 Å². The molecule has 0 atom stereocenters. The molecule has 0 heterocycles. The number of hydrogen-bond acceptors (Lipinski definition) is 4. The first-order valence-corrected chi connectivity index (χ1v) is 7.54. The second-order valence-electron chi connectivity index (χ2n) is 5.83. The van der Waals surface area contributed by atoms with E-state index in [1.807, 2.05) is 0 Å². The highest BCUT2D eigenvalue weighted by Gasteiger charge is 2.54. The van der Waals surface area contributed by atoms with E-state index in [4.69, 9.17) is 4.74 Å². The smallest absolute Gasteiger partial charge is 0.225 e. The summed E-state index contributed by atoms with van der Waals surface area (Å²) in [7, 11) is 1.54. The van der Waals surface area contributed by atoms with Gasteiger partial charge in [0.15, 0.2) is 17.1 Å². The Morgan fingerprint density at radius 2 is 1.46 bits per heavy atom. The van der Waals surface area contributed by atoms with Crippen LogP contribution in [0, 0.1) is 0 Å². The van der Waals surface area contributed by atoms with Gasteiger partial charge in [0.1, 0.15) is 5.75 Å². The molecule has 2 aromatic rings. The van der Waals surface area contributed by atoms with E-state index >= 15 is 0 Å². The number of rotatable bonds is 3. The Labute approximate surface area is 139 Å². The predicted molar refractivity (Wildman–Crippen MR) is 89.7 cm³/mol. The van der Waals surface area contributed by atoms with Crippen LogP contribution in [0.4, 0.5) is 5.69 Å². The number of ether oxygens (including phenoxy) is 1. The Balaban J connectivity index is 2.14. The minimum Gasteiger partial charge on any atom is -0.497 e. The molecule has 0 saturated carbocycles. The molecule has 0 aromatic heterocycles. The number of methoxy groups -OCH3 is 1. The van der Waals surface area contributed by atoms with Crippen LogP contribution in [-0.4, -0.2) is 30.1 Å². The monoisotopic (exact) mass is 323 g/mol. The molecular weight excluding hydrogens is 306 g/mol. The van der Waals surface area contributed by atoms with Crippen LogP contribution in [0.25, 0.3) is 0 Å². The lowest BCUT2D eigenvalue weighted by Crippen LogP contribution is -2.57. The van der Waals surface area contributed by atoms with Crippen molar-refractivity contribution in [3.05, 3.63) is 59.7 Å². The van der Waals surface area contributed by atoms with Crippen LogP contribution >= 0.6 is 0 Å². The first-order valence-electron chi connectivity index (χ1n) is 7.54. The fraction of sp³-hybridized carbons (Fsp3) is 0.211. The zero-order valence-corrected chi connectivity index (χ0v) is 13.7. The molecule has 1 aliphatic rings. The number of anilines is 1. The fourth-order valence-electron chi connectivity index (χ4n) is 3.20. The van der Waals surface area contributed by atoms with Gasteiger partial charge in [0.05, 0.1) is 7.11 Å². The van der Waals surface area contributed by atoms with E-state index in [0.717, 1.165) is 0 Å². The van der Waals surface area contributed by atoms with Gasteiger partial charge in [-0.05, 0) is 31.2 Å². The quantitative estimate of drug-likeness (QED) is 0.815. The zero-order chi connectivity index (χ0) is 17.5. The van der Waals surface area contributed by atoms with Gasteiger partial charge in [-0.2, -0.15) is 0 Å². The number of Topliss-reactive ketones (excluding diaryl/α,β-unsaturated/α-hetero) is 2. The van der Waals surface area contributed by atoms with Gasteiger partial charge in [0, 0.05) is 23.7 Å². The first kappa shape index (κ1) is 15.9. The van der Waals surface area contributed by atoms with Crippen molar-refractivity contribution >= 4 is 23.2 Å². The molecule has 3 rings (SSSR count). The number of carbonyl (C=O) groups excluding carboxylic acids is 3. The molecule has 0 unspecified atom stereocenters. The van der Waals surface area contributed by atoms with Gasteiger partial charge in [-0.25, -0.2) is 0 Å². The number of carbonyl (C=O) groups is 3. The molecule has 0 spiro atoms. The van der Waals surface area contributed by atoms with Crippen molar-refractivity contribution in [2.24, 2.45) is 0 Å². The van der Waals surface area contributed by atoms with Gasteiger partial charge in [-0.15, -0.1) is 0 Å². The molecule has 5 heteroatoms. The summed E-state index contributed by atoms with van der Waals surface area (Å²) in [5.41, 5.74) is -0.403. The highest BCUT2D eigenvalue weighted by molar-refractivity contribution is 6.36. The van der Waals surface area contributed by atoms with Gasteiger partial charge in [-0.1, -0.05) is 24.3 Å². The van der Waals surface area contributed by atoms with Gasteiger partial charge in [0.2, 0.25) is 5.91 Å². The van der Waals surface area contributed by atoms with Crippen molar-refractivity contribution in [1.29, 1.82) is 0 Å². The van der Waals surface area contributed by atoms with E-state index in [-0.39, 0.29) is 17.5 Å². The maximum Gasteiger partial charge on any atom is 0.225 e. The summed E-state index contributed by atoms with van der Waals surface area (Å²) in [4.78, 5) is 39.4. The van der Waals surface area contributed by atoms with Crippen LogP contribution in [0.3, 0.4) is 0 Å². The Morgan fingerprint density at radius 1 is 0.958 bits per heavy atom. The minimum atomic E-state index is -1.58. The Kier molecular flexibility index (Phi) is 3.72. The maximum absolute atomic E-state index is 12.9. The second kappa shape index (κ2) is 5.60. The second-order valence-corrected chi connectivity index (χ2v) is 5.83. The molecular formula is C19H17NO4. The number of fused-ring (bicyclic) bond motifs is 1. The summed E-state index contributed by atoms with van der Waals surface area (Å²) in [5.74, 6) is -0.486. The van der Waals surface area contributed by atoms with Gasteiger partial charge < -0.3 is 4.74 Å². The van der Waals surface area contributed by atoms with Crippen LogP contribution in [0.5, 0.6) is 5.75 Å². The third kappa shape index (κ3) is 2.12. The van der Waals surface area contributed by atoms with Crippen molar-refractivity contribution in [2.45, 2.75) is 19.4 Å². The summed E-state index contributed by atoms with van der Waals surface area (Å²) in [6.07, 6.45) is 0. The molecule has 0 fully saturated rings. The summed E-state index contributed by atoms with van der Waals surface area (Å²) in [6, 6.07) is 13.4. The molecule has 122 valence electrons. The third-order valence-corrected chi connectivity index (χ3v) is 4.39. The van der Waals surface area contributed by atoms with Crippen LogP contribution in [0.1, 0.15) is 34.6 Å². The van der Waals surface area contributed by atoms with Crippen LogP contribution in [0.2, 0.25) is 0 Å². The number of hydrogen-bond donors (Lipinski definition) is 0. The largest absolute Gasteiger partial charge is 0.497 e. The molecule has 0 radical (unpaired) electrons. The molecule has 0 aliphatic heterocycles. The fourth-order valence-corrected chi connectivity index (χ4v) is 3.20. The number of nitrogens with zero attached hydrogens (tertiary/aromatic N) is 1. The van der Waals surface area contributed by atoms with Crippen molar-refractivity contribution < 1.29 is 19.1 Å². The van der Waals surface area contributed by atoms with Gasteiger partial charge >= 0.3 is 0 Å².